The Balaban J connectivity index is 2.29. The summed E-state index contributed by atoms with van der Waals surface area (Å²) in [5.74, 6) is 0.320. The van der Waals surface area contributed by atoms with Crippen LogP contribution in [0.1, 0.15) is 49.2 Å². The summed E-state index contributed by atoms with van der Waals surface area (Å²) in [5, 5.41) is 1.91. The van der Waals surface area contributed by atoms with Gasteiger partial charge in [-0.05, 0) is 38.1 Å². The highest BCUT2D eigenvalue weighted by Gasteiger charge is 2.13. The lowest BCUT2D eigenvalue weighted by Crippen LogP contribution is -2.17. The van der Waals surface area contributed by atoms with E-state index in [-0.39, 0.29) is 17.7 Å². The molecule has 0 saturated carbocycles. The van der Waals surface area contributed by atoms with Crippen molar-refractivity contribution >= 4 is 22.9 Å². The number of thiophene rings is 1. The second-order valence-electron chi connectivity index (χ2n) is 4.28. The molecule has 3 nitrogen and oxygen atoms in total. The van der Waals surface area contributed by atoms with Gasteiger partial charge in [-0.25, -0.2) is 0 Å². The summed E-state index contributed by atoms with van der Waals surface area (Å²) in [6.45, 7) is 4.10. The van der Waals surface area contributed by atoms with E-state index in [9.17, 15) is 9.59 Å². The highest BCUT2D eigenvalue weighted by Crippen LogP contribution is 2.15. The van der Waals surface area contributed by atoms with Crippen molar-refractivity contribution in [2.75, 3.05) is 6.61 Å². The smallest absolute Gasteiger partial charge is 0.172 e. The van der Waals surface area contributed by atoms with Crippen molar-refractivity contribution in [2.45, 2.75) is 45.6 Å². The van der Waals surface area contributed by atoms with Gasteiger partial charge in [0.1, 0.15) is 5.78 Å². The zero-order chi connectivity index (χ0) is 13.4. The first-order chi connectivity index (χ1) is 8.63. The Morgan fingerprint density at radius 2 is 2.22 bits per heavy atom. The molecule has 0 amide bonds. The molecule has 1 heterocycles. The van der Waals surface area contributed by atoms with E-state index in [1.807, 2.05) is 24.4 Å². The van der Waals surface area contributed by atoms with Crippen LogP contribution in [0.5, 0.6) is 0 Å². The van der Waals surface area contributed by atoms with Crippen LogP contribution < -0.4 is 0 Å². The Morgan fingerprint density at radius 1 is 1.44 bits per heavy atom. The number of hydrogen-bond donors (Lipinski definition) is 0. The van der Waals surface area contributed by atoms with E-state index < -0.39 is 0 Å². The first kappa shape index (κ1) is 15.1. The average molecular weight is 268 g/mol. The maximum Gasteiger partial charge on any atom is 0.172 e. The molecule has 1 atom stereocenters. The molecule has 1 aromatic heterocycles. The fraction of sp³-hybridized carbons (Fsp3) is 0.571. The van der Waals surface area contributed by atoms with Gasteiger partial charge in [0.05, 0.1) is 11.0 Å². The molecule has 0 saturated heterocycles. The maximum absolute atomic E-state index is 11.8. The molecule has 0 fully saturated rings. The average Bonchev–Trinajstić information content (AvgIpc) is 2.81. The first-order valence-electron chi connectivity index (χ1n) is 6.31. The van der Waals surface area contributed by atoms with Crippen LogP contribution in [-0.4, -0.2) is 24.3 Å². The van der Waals surface area contributed by atoms with Gasteiger partial charge in [-0.15, -0.1) is 11.3 Å². The minimum Gasteiger partial charge on any atom is -0.378 e. The first-order valence-corrected chi connectivity index (χ1v) is 7.19. The monoisotopic (exact) mass is 268 g/mol. The van der Waals surface area contributed by atoms with Crippen LogP contribution in [0.25, 0.3) is 0 Å². The van der Waals surface area contributed by atoms with Crippen molar-refractivity contribution in [2.24, 2.45) is 0 Å². The van der Waals surface area contributed by atoms with E-state index in [2.05, 4.69) is 0 Å². The standard InChI is InChI=1S/C14H20O3S/c1-3-17-12(10-11(2)15)6-4-7-13(16)14-8-5-9-18-14/h5,8-9,12H,3-4,6-7,10H2,1-2H3. The molecule has 18 heavy (non-hydrogen) atoms. The molecule has 0 radical (unpaired) electrons. The van der Waals surface area contributed by atoms with Gasteiger partial charge in [-0.2, -0.15) is 0 Å². The molecule has 4 heteroatoms. The molecule has 0 spiro atoms. The highest BCUT2D eigenvalue weighted by atomic mass is 32.1. The van der Waals surface area contributed by atoms with Crippen LogP contribution >= 0.6 is 11.3 Å². The van der Waals surface area contributed by atoms with Crippen molar-refractivity contribution < 1.29 is 14.3 Å². The van der Waals surface area contributed by atoms with Crippen LogP contribution in [0.2, 0.25) is 0 Å². The number of rotatable bonds is 9. The molecule has 1 rings (SSSR count). The second-order valence-corrected chi connectivity index (χ2v) is 5.22. The predicted molar refractivity (Wildman–Crippen MR) is 73.2 cm³/mol. The number of carbonyl (C=O) groups excluding carboxylic acids is 2. The highest BCUT2D eigenvalue weighted by molar-refractivity contribution is 7.12. The summed E-state index contributed by atoms with van der Waals surface area (Å²) in [7, 11) is 0. The van der Waals surface area contributed by atoms with Crippen molar-refractivity contribution in [3.63, 3.8) is 0 Å². The zero-order valence-corrected chi connectivity index (χ0v) is 11.8. The lowest BCUT2D eigenvalue weighted by molar-refractivity contribution is -0.119. The third-order valence-corrected chi connectivity index (χ3v) is 3.55. The third-order valence-electron chi connectivity index (χ3n) is 2.64. The lowest BCUT2D eigenvalue weighted by atomic mass is 10.0. The van der Waals surface area contributed by atoms with E-state index >= 15 is 0 Å². The van der Waals surface area contributed by atoms with Crippen molar-refractivity contribution in [1.82, 2.24) is 0 Å². The van der Waals surface area contributed by atoms with Gasteiger partial charge in [-0.3, -0.25) is 9.59 Å². The molecule has 1 aromatic rings. The fourth-order valence-electron chi connectivity index (χ4n) is 1.85. The molecule has 0 aliphatic rings. The molecule has 0 aliphatic carbocycles. The minimum absolute atomic E-state index is 0.0383. The Kier molecular flexibility index (Phi) is 6.83. The van der Waals surface area contributed by atoms with E-state index in [0.29, 0.717) is 19.4 Å². The summed E-state index contributed by atoms with van der Waals surface area (Å²) >= 11 is 1.48. The molecule has 1 unspecified atom stereocenters. The van der Waals surface area contributed by atoms with Crippen LogP contribution in [-0.2, 0) is 9.53 Å². The molecule has 0 aliphatic heterocycles. The number of ether oxygens (including phenoxy) is 1. The minimum atomic E-state index is -0.0383. The summed E-state index contributed by atoms with van der Waals surface area (Å²) in [6, 6.07) is 3.74. The van der Waals surface area contributed by atoms with Crippen LogP contribution in [0.15, 0.2) is 17.5 Å². The largest absolute Gasteiger partial charge is 0.378 e. The van der Waals surface area contributed by atoms with Gasteiger partial charge in [0.25, 0.3) is 0 Å². The SMILES string of the molecule is CCOC(CCCC(=O)c1cccs1)CC(C)=O. The topological polar surface area (TPSA) is 43.4 Å². The molecule has 100 valence electrons. The van der Waals surface area contributed by atoms with Gasteiger partial charge in [0, 0.05) is 19.4 Å². The van der Waals surface area contributed by atoms with Crippen LogP contribution in [0, 0.1) is 0 Å². The Morgan fingerprint density at radius 3 is 2.78 bits per heavy atom. The number of carbonyl (C=O) groups is 2. The van der Waals surface area contributed by atoms with Gasteiger partial charge >= 0.3 is 0 Å². The number of hydrogen-bond acceptors (Lipinski definition) is 4. The Hall–Kier alpha value is -1.00. The molecular weight excluding hydrogens is 248 g/mol. The van der Waals surface area contributed by atoms with Crippen LogP contribution in [0.3, 0.4) is 0 Å². The number of Topliss-reactive ketones (excluding diaryl/α,β-unsaturated/α-hetero) is 2. The third kappa shape index (κ3) is 5.56. The Labute approximate surface area is 112 Å². The van der Waals surface area contributed by atoms with E-state index in [0.717, 1.165) is 17.7 Å². The predicted octanol–water partition coefficient (Wildman–Crippen LogP) is 3.49. The molecular formula is C14H20O3S. The van der Waals surface area contributed by atoms with Gasteiger partial charge < -0.3 is 4.74 Å². The lowest BCUT2D eigenvalue weighted by Gasteiger charge is -2.14. The van der Waals surface area contributed by atoms with Crippen molar-refractivity contribution in [3.8, 4) is 0 Å². The second kappa shape index (κ2) is 8.16. The van der Waals surface area contributed by atoms with E-state index in [1.54, 1.807) is 6.92 Å². The van der Waals surface area contributed by atoms with Crippen molar-refractivity contribution in [1.29, 1.82) is 0 Å². The normalized spacial score (nSPS) is 12.3. The van der Waals surface area contributed by atoms with Gasteiger partial charge in [-0.1, -0.05) is 6.07 Å². The van der Waals surface area contributed by atoms with Gasteiger partial charge in [0.2, 0.25) is 0 Å². The fourth-order valence-corrected chi connectivity index (χ4v) is 2.55. The maximum atomic E-state index is 11.8. The summed E-state index contributed by atoms with van der Waals surface area (Å²) in [5.41, 5.74) is 0. The summed E-state index contributed by atoms with van der Waals surface area (Å²) in [6.07, 6.45) is 2.48. The summed E-state index contributed by atoms with van der Waals surface area (Å²) in [4.78, 5) is 23.7. The van der Waals surface area contributed by atoms with Crippen molar-refractivity contribution in [3.05, 3.63) is 22.4 Å². The Bertz CT molecular complexity index is 370. The molecule has 0 bridgehead atoms. The number of ketones is 2. The summed E-state index contributed by atoms with van der Waals surface area (Å²) < 4.78 is 5.50. The van der Waals surface area contributed by atoms with E-state index in [4.69, 9.17) is 4.74 Å². The van der Waals surface area contributed by atoms with Crippen LogP contribution in [0.4, 0.5) is 0 Å². The zero-order valence-electron chi connectivity index (χ0n) is 11.0. The molecule has 0 aromatic carbocycles. The quantitative estimate of drug-likeness (QED) is 0.644. The molecule has 0 N–H and O–H groups in total. The van der Waals surface area contributed by atoms with E-state index in [1.165, 1.54) is 11.3 Å². The van der Waals surface area contributed by atoms with Gasteiger partial charge in [0.15, 0.2) is 5.78 Å².